The van der Waals surface area contributed by atoms with Crippen LogP contribution in [0.4, 0.5) is 10.5 Å². The number of carbonyl (C=O) groups is 5. The molecule has 1 aliphatic heterocycles. The fourth-order valence-corrected chi connectivity index (χ4v) is 3.30. The molecule has 10 nitrogen and oxygen atoms in total. The van der Waals surface area contributed by atoms with Crippen molar-refractivity contribution in [2.75, 3.05) is 18.4 Å². The second-order valence-corrected chi connectivity index (χ2v) is 8.94. The monoisotopic (exact) mass is 480 g/mol. The number of hydrogen-bond acceptors (Lipinski definition) is 6. The topological polar surface area (TPSA) is 134 Å². The van der Waals surface area contributed by atoms with Gasteiger partial charge in [-0.25, -0.2) is 4.79 Å². The maximum Gasteiger partial charge on any atom is 0.407 e. The summed E-state index contributed by atoms with van der Waals surface area (Å²) in [6.45, 7) is 5.22. The third kappa shape index (κ3) is 7.13. The Balaban J connectivity index is 1.40. The van der Waals surface area contributed by atoms with E-state index in [1.54, 1.807) is 69.3 Å². The fraction of sp³-hybridized carbons (Fsp3) is 0.320. The molecule has 0 radical (unpaired) electrons. The second kappa shape index (κ2) is 10.8. The molecule has 0 unspecified atom stereocenters. The molecule has 10 heteroatoms. The number of ether oxygens (including phenoxy) is 1. The van der Waals surface area contributed by atoms with Crippen molar-refractivity contribution >= 4 is 35.4 Å². The number of fused-ring (bicyclic) bond motifs is 1. The zero-order valence-electron chi connectivity index (χ0n) is 19.8. The Morgan fingerprint density at radius 2 is 1.46 bits per heavy atom. The fourth-order valence-electron chi connectivity index (χ4n) is 3.30. The molecule has 2 aromatic rings. The van der Waals surface area contributed by atoms with Crippen LogP contribution in [0.2, 0.25) is 0 Å². The van der Waals surface area contributed by atoms with Gasteiger partial charge in [0.05, 0.1) is 11.1 Å². The molecule has 0 saturated heterocycles. The van der Waals surface area contributed by atoms with E-state index in [2.05, 4.69) is 16.0 Å². The van der Waals surface area contributed by atoms with Gasteiger partial charge in [-0.2, -0.15) is 0 Å². The molecule has 0 aliphatic carbocycles. The van der Waals surface area contributed by atoms with Gasteiger partial charge in [-0.1, -0.05) is 24.3 Å². The van der Waals surface area contributed by atoms with Crippen molar-refractivity contribution in [1.82, 2.24) is 15.5 Å². The first-order valence-electron chi connectivity index (χ1n) is 11.1. The largest absolute Gasteiger partial charge is 0.444 e. The van der Waals surface area contributed by atoms with Gasteiger partial charge < -0.3 is 20.7 Å². The first-order valence-corrected chi connectivity index (χ1v) is 11.1. The lowest BCUT2D eigenvalue weighted by Gasteiger charge is -2.19. The summed E-state index contributed by atoms with van der Waals surface area (Å²) in [5, 5.41) is 7.93. The number of hydrogen-bond donors (Lipinski definition) is 3. The first kappa shape index (κ1) is 25.4. The molecular formula is C25H28N4O6. The van der Waals surface area contributed by atoms with Gasteiger partial charge in [0.25, 0.3) is 11.8 Å². The van der Waals surface area contributed by atoms with Crippen LogP contribution < -0.4 is 16.0 Å². The Morgan fingerprint density at radius 3 is 2.03 bits per heavy atom. The minimum Gasteiger partial charge on any atom is -0.444 e. The maximum absolute atomic E-state index is 12.4. The van der Waals surface area contributed by atoms with Crippen molar-refractivity contribution in [3.63, 3.8) is 0 Å². The van der Waals surface area contributed by atoms with E-state index in [1.165, 1.54) is 0 Å². The van der Waals surface area contributed by atoms with Crippen LogP contribution in [0.5, 0.6) is 0 Å². The Hall–Kier alpha value is -4.21. The summed E-state index contributed by atoms with van der Waals surface area (Å²) >= 11 is 0. The van der Waals surface area contributed by atoms with Crippen molar-refractivity contribution in [2.24, 2.45) is 0 Å². The van der Waals surface area contributed by atoms with Crippen LogP contribution in [0.1, 0.15) is 53.5 Å². The molecule has 184 valence electrons. The predicted octanol–water partition coefficient (Wildman–Crippen LogP) is 2.45. The quantitative estimate of drug-likeness (QED) is 0.497. The molecule has 0 saturated carbocycles. The van der Waals surface area contributed by atoms with Gasteiger partial charge in [-0.05, 0) is 50.6 Å². The standard InChI is InChI=1S/C25H28N4O6/c1-25(2,3)35-24(34)26-13-12-20(30)28-17-10-8-16(9-11-17)14-27-21(31)15-29-22(32)18-6-4-5-7-19(18)23(29)33/h4-11H,12-15H2,1-3H3,(H,26,34)(H,27,31)(H,28,30). The van der Waals surface area contributed by atoms with E-state index < -0.39 is 29.4 Å². The number of nitrogens with one attached hydrogen (secondary N) is 3. The van der Waals surface area contributed by atoms with E-state index in [0.29, 0.717) is 16.8 Å². The average Bonchev–Trinajstić information content (AvgIpc) is 3.02. The Labute approximate surface area is 203 Å². The summed E-state index contributed by atoms with van der Waals surface area (Å²) in [6.07, 6.45) is -0.505. The first-order chi connectivity index (χ1) is 16.5. The summed E-state index contributed by atoms with van der Waals surface area (Å²) in [6, 6.07) is 13.3. The minimum atomic E-state index is -0.609. The van der Waals surface area contributed by atoms with E-state index in [-0.39, 0.29) is 32.0 Å². The van der Waals surface area contributed by atoms with Crippen LogP contribution in [-0.2, 0) is 20.9 Å². The number of benzene rings is 2. The highest BCUT2D eigenvalue weighted by atomic mass is 16.6. The Morgan fingerprint density at radius 1 is 0.857 bits per heavy atom. The third-order valence-electron chi connectivity index (χ3n) is 4.93. The molecule has 1 heterocycles. The van der Waals surface area contributed by atoms with Crippen molar-refractivity contribution in [3.8, 4) is 0 Å². The summed E-state index contributed by atoms with van der Waals surface area (Å²) in [4.78, 5) is 61.6. The average molecular weight is 481 g/mol. The molecule has 0 bridgehead atoms. The molecule has 1 aliphatic rings. The number of anilines is 1. The van der Waals surface area contributed by atoms with Crippen LogP contribution >= 0.6 is 0 Å². The van der Waals surface area contributed by atoms with E-state index in [4.69, 9.17) is 4.74 Å². The molecule has 0 atom stereocenters. The lowest BCUT2D eigenvalue weighted by atomic mass is 10.1. The molecule has 0 fully saturated rings. The van der Waals surface area contributed by atoms with Gasteiger partial charge in [-0.3, -0.25) is 24.1 Å². The minimum absolute atomic E-state index is 0.0782. The van der Waals surface area contributed by atoms with Crippen molar-refractivity contribution < 1.29 is 28.7 Å². The van der Waals surface area contributed by atoms with E-state index in [0.717, 1.165) is 10.5 Å². The molecule has 0 spiro atoms. The highest BCUT2D eigenvalue weighted by Gasteiger charge is 2.36. The smallest absolute Gasteiger partial charge is 0.407 e. The van der Waals surface area contributed by atoms with Crippen molar-refractivity contribution in [2.45, 2.75) is 39.3 Å². The molecule has 3 rings (SSSR count). The van der Waals surface area contributed by atoms with Gasteiger partial charge in [-0.15, -0.1) is 0 Å². The molecule has 0 aromatic heterocycles. The number of carbonyl (C=O) groups excluding carboxylic acids is 5. The van der Waals surface area contributed by atoms with Gasteiger partial charge in [0.1, 0.15) is 12.1 Å². The zero-order valence-corrected chi connectivity index (χ0v) is 19.8. The van der Waals surface area contributed by atoms with E-state index in [9.17, 15) is 24.0 Å². The molecule has 3 N–H and O–H groups in total. The highest BCUT2D eigenvalue weighted by molar-refractivity contribution is 6.22. The summed E-state index contributed by atoms with van der Waals surface area (Å²) < 4.78 is 5.11. The normalized spacial score (nSPS) is 12.7. The number of amides is 5. The van der Waals surface area contributed by atoms with E-state index in [1.807, 2.05) is 0 Å². The van der Waals surface area contributed by atoms with Gasteiger partial charge in [0, 0.05) is 25.2 Å². The predicted molar refractivity (Wildman–Crippen MR) is 128 cm³/mol. The number of rotatable bonds is 8. The van der Waals surface area contributed by atoms with Gasteiger partial charge in [0.2, 0.25) is 11.8 Å². The van der Waals surface area contributed by atoms with Crippen LogP contribution in [-0.4, -0.2) is 53.3 Å². The van der Waals surface area contributed by atoms with Crippen LogP contribution in [0.25, 0.3) is 0 Å². The zero-order chi connectivity index (χ0) is 25.6. The lowest BCUT2D eigenvalue weighted by Crippen LogP contribution is -2.40. The van der Waals surface area contributed by atoms with Crippen molar-refractivity contribution in [1.29, 1.82) is 0 Å². The summed E-state index contributed by atoms with van der Waals surface area (Å²) in [7, 11) is 0. The van der Waals surface area contributed by atoms with Gasteiger partial charge in [0.15, 0.2) is 0 Å². The highest BCUT2D eigenvalue weighted by Crippen LogP contribution is 2.22. The molecular weight excluding hydrogens is 452 g/mol. The van der Waals surface area contributed by atoms with E-state index >= 15 is 0 Å². The third-order valence-corrected chi connectivity index (χ3v) is 4.93. The Kier molecular flexibility index (Phi) is 7.85. The summed E-state index contributed by atoms with van der Waals surface area (Å²) in [5.74, 6) is -1.71. The SMILES string of the molecule is CC(C)(C)OC(=O)NCCC(=O)Nc1ccc(CNC(=O)CN2C(=O)c3ccccc3C2=O)cc1. The molecule has 35 heavy (non-hydrogen) atoms. The van der Waals surface area contributed by atoms with Gasteiger partial charge >= 0.3 is 6.09 Å². The number of alkyl carbamates (subject to hydrolysis) is 1. The number of nitrogens with zero attached hydrogens (tertiary/aromatic N) is 1. The molecule has 2 aromatic carbocycles. The van der Waals surface area contributed by atoms with Crippen LogP contribution in [0.15, 0.2) is 48.5 Å². The van der Waals surface area contributed by atoms with Crippen molar-refractivity contribution in [3.05, 3.63) is 65.2 Å². The lowest BCUT2D eigenvalue weighted by molar-refractivity contribution is -0.121. The van der Waals surface area contributed by atoms with Crippen LogP contribution in [0.3, 0.4) is 0 Å². The number of imide groups is 1. The molecule has 5 amide bonds. The maximum atomic E-state index is 12.4. The summed E-state index contributed by atoms with van der Waals surface area (Å²) in [5.41, 5.74) is 1.31. The van der Waals surface area contributed by atoms with Crippen LogP contribution in [0, 0.1) is 0 Å². The second-order valence-electron chi connectivity index (χ2n) is 8.94. The Bertz CT molecular complexity index is 1100.